The Hall–Kier alpha value is -1.65. The number of aliphatic hydroxyl groups excluding tert-OH is 1. The van der Waals surface area contributed by atoms with Gasteiger partial charge in [-0.3, -0.25) is 4.79 Å². The number of amides is 1. The summed E-state index contributed by atoms with van der Waals surface area (Å²) in [6.07, 6.45) is 1.58. The van der Waals surface area contributed by atoms with E-state index in [2.05, 4.69) is 36.5 Å². The second-order valence-corrected chi connectivity index (χ2v) is 5.83. The molecule has 1 heterocycles. The van der Waals surface area contributed by atoms with Crippen LogP contribution in [0.2, 0.25) is 0 Å². The summed E-state index contributed by atoms with van der Waals surface area (Å²) >= 11 is 1.54. The molecule has 0 aliphatic carbocycles. The van der Waals surface area contributed by atoms with Crippen LogP contribution in [-0.2, 0) is 17.6 Å². The fourth-order valence-corrected chi connectivity index (χ4v) is 2.79. The minimum Gasteiger partial charge on any atom is -0.387 e. The summed E-state index contributed by atoms with van der Waals surface area (Å²) in [7, 11) is 0. The third-order valence-electron chi connectivity index (χ3n) is 3.49. The van der Waals surface area contributed by atoms with Crippen LogP contribution in [0.15, 0.2) is 41.1 Å². The summed E-state index contributed by atoms with van der Waals surface area (Å²) < 4.78 is 0. The Kier molecular flexibility index (Phi) is 5.96. The number of hydrogen-bond acceptors (Lipinski definition) is 3. The molecule has 1 amide bonds. The topological polar surface area (TPSA) is 49.3 Å². The molecule has 0 aliphatic heterocycles. The summed E-state index contributed by atoms with van der Waals surface area (Å²) in [6, 6.07) is 10.2. The van der Waals surface area contributed by atoms with Gasteiger partial charge in [0.1, 0.15) is 0 Å². The van der Waals surface area contributed by atoms with Crippen LogP contribution in [0.25, 0.3) is 0 Å². The predicted molar refractivity (Wildman–Crippen MR) is 86.4 cm³/mol. The number of benzene rings is 1. The molecule has 0 radical (unpaired) electrons. The summed E-state index contributed by atoms with van der Waals surface area (Å²) in [6.45, 7) is 2.39. The van der Waals surface area contributed by atoms with Crippen molar-refractivity contribution in [3.8, 4) is 0 Å². The van der Waals surface area contributed by atoms with Crippen molar-refractivity contribution >= 4 is 17.2 Å². The number of carbonyl (C=O) groups excluding carboxylic acids is 1. The fraction of sp³-hybridized carbons (Fsp3) is 0.353. The van der Waals surface area contributed by atoms with Crippen molar-refractivity contribution in [2.24, 2.45) is 0 Å². The van der Waals surface area contributed by atoms with Gasteiger partial charge in [0.15, 0.2) is 0 Å². The second-order valence-electron chi connectivity index (χ2n) is 5.05. The van der Waals surface area contributed by atoms with Gasteiger partial charge in [0.2, 0.25) is 5.91 Å². The number of aryl methyl sites for hydroxylation is 2. The maximum absolute atomic E-state index is 11.8. The molecular formula is C17H21NO2S. The number of thiophene rings is 1. The molecule has 4 heteroatoms. The lowest BCUT2D eigenvalue weighted by molar-refractivity contribution is -0.121. The molecule has 2 aromatic rings. The molecule has 1 atom stereocenters. The van der Waals surface area contributed by atoms with Crippen molar-refractivity contribution in [3.05, 3.63) is 57.8 Å². The number of hydrogen-bond donors (Lipinski definition) is 2. The molecule has 0 bridgehead atoms. The SMILES string of the molecule is CCc1ccc(CCC(=O)NCC(O)c2ccsc2)cc1. The molecule has 3 nitrogen and oxygen atoms in total. The van der Waals surface area contributed by atoms with Gasteiger partial charge in [-0.15, -0.1) is 0 Å². The van der Waals surface area contributed by atoms with Crippen molar-refractivity contribution in [1.82, 2.24) is 5.32 Å². The first-order valence-electron chi connectivity index (χ1n) is 7.23. The van der Waals surface area contributed by atoms with Gasteiger partial charge in [-0.05, 0) is 46.4 Å². The van der Waals surface area contributed by atoms with Gasteiger partial charge >= 0.3 is 0 Å². The first kappa shape index (κ1) is 15.7. The quantitative estimate of drug-likeness (QED) is 0.826. The summed E-state index contributed by atoms with van der Waals surface area (Å²) in [5.74, 6) is -0.0242. The first-order chi connectivity index (χ1) is 10.2. The van der Waals surface area contributed by atoms with E-state index in [-0.39, 0.29) is 12.5 Å². The van der Waals surface area contributed by atoms with E-state index in [1.54, 1.807) is 0 Å². The van der Waals surface area contributed by atoms with Crippen LogP contribution in [0.1, 0.15) is 36.1 Å². The minimum atomic E-state index is -0.621. The van der Waals surface area contributed by atoms with E-state index in [1.807, 2.05) is 16.8 Å². The predicted octanol–water partition coefficient (Wildman–Crippen LogP) is 3.09. The molecule has 1 aromatic heterocycles. The standard InChI is InChI=1S/C17H21NO2S/c1-2-13-3-5-14(6-4-13)7-8-17(20)18-11-16(19)15-9-10-21-12-15/h3-6,9-10,12,16,19H,2,7-8,11H2,1H3,(H,18,20). The Labute approximate surface area is 129 Å². The van der Waals surface area contributed by atoms with Crippen molar-refractivity contribution in [3.63, 3.8) is 0 Å². The lowest BCUT2D eigenvalue weighted by atomic mass is 10.1. The number of aliphatic hydroxyl groups is 1. The smallest absolute Gasteiger partial charge is 0.220 e. The van der Waals surface area contributed by atoms with Crippen LogP contribution in [0.5, 0.6) is 0 Å². The van der Waals surface area contributed by atoms with Crippen LogP contribution >= 0.6 is 11.3 Å². The Balaban J connectivity index is 1.71. The molecule has 0 aliphatic rings. The Morgan fingerprint density at radius 2 is 1.95 bits per heavy atom. The van der Waals surface area contributed by atoms with Crippen LogP contribution in [0.3, 0.4) is 0 Å². The van der Waals surface area contributed by atoms with Gasteiger partial charge in [0.05, 0.1) is 6.10 Å². The molecule has 1 unspecified atom stereocenters. The van der Waals surface area contributed by atoms with Crippen molar-refractivity contribution < 1.29 is 9.90 Å². The lowest BCUT2D eigenvalue weighted by Gasteiger charge is -2.10. The van der Waals surface area contributed by atoms with Gasteiger partial charge in [-0.2, -0.15) is 11.3 Å². The molecule has 2 N–H and O–H groups in total. The van der Waals surface area contributed by atoms with E-state index in [0.29, 0.717) is 6.42 Å². The zero-order valence-electron chi connectivity index (χ0n) is 12.2. The minimum absolute atomic E-state index is 0.0242. The van der Waals surface area contributed by atoms with Gasteiger partial charge in [-0.1, -0.05) is 31.2 Å². The summed E-state index contributed by atoms with van der Waals surface area (Å²) in [5, 5.41) is 16.5. The van der Waals surface area contributed by atoms with Crippen molar-refractivity contribution in [2.75, 3.05) is 6.54 Å². The van der Waals surface area contributed by atoms with E-state index in [0.717, 1.165) is 18.4 Å². The molecule has 21 heavy (non-hydrogen) atoms. The van der Waals surface area contributed by atoms with Crippen molar-refractivity contribution in [2.45, 2.75) is 32.3 Å². The van der Waals surface area contributed by atoms with Crippen LogP contribution in [0.4, 0.5) is 0 Å². The first-order valence-corrected chi connectivity index (χ1v) is 8.18. The number of rotatable bonds is 7. The molecule has 0 saturated carbocycles. The zero-order valence-corrected chi connectivity index (χ0v) is 13.0. The average molecular weight is 303 g/mol. The summed E-state index contributed by atoms with van der Waals surface area (Å²) in [4.78, 5) is 11.8. The van der Waals surface area contributed by atoms with Crippen LogP contribution in [-0.4, -0.2) is 17.6 Å². The maximum Gasteiger partial charge on any atom is 0.220 e. The highest BCUT2D eigenvalue weighted by molar-refractivity contribution is 7.07. The highest BCUT2D eigenvalue weighted by atomic mass is 32.1. The Morgan fingerprint density at radius 3 is 2.57 bits per heavy atom. The molecule has 1 aromatic carbocycles. The molecule has 0 spiro atoms. The third-order valence-corrected chi connectivity index (χ3v) is 4.19. The van der Waals surface area contributed by atoms with Gasteiger partial charge < -0.3 is 10.4 Å². The molecular weight excluding hydrogens is 282 g/mol. The van der Waals surface area contributed by atoms with Gasteiger partial charge in [0, 0.05) is 13.0 Å². The van der Waals surface area contributed by atoms with E-state index in [1.165, 1.54) is 22.5 Å². The molecule has 0 fully saturated rings. The lowest BCUT2D eigenvalue weighted by Crippen LogP contribution is -2.28. The zero-order chi connectivity index (χ0) is 15.1. The molecule has 0 saturated heterocycles. The fourth-order valence-electron chi connectivity index (χ4n) is 2.08. The number of carbonyl (C=O) groups is 1. The molecule has 2 rings (SSSR count). The largest absolute Gasteiger partial charge is 0.387 e. The number of nitrogens with one attached hydrogen (secondary N) is 1. The van der Waals surface area contributed by atoms with E-state index in [9.17, 15) is 9.90 Å². The van der Waals surface area contributed by atoms with E-state index in [4.69, 9.17) is 0 Å². The third kappa shape index (κ3) is 4.99. The van der Waals surface area contributed by atoms with E-state index < -0.39 is 6.10 Å². The van der Waals surface area contributed by atoms with Crippen LogP contribution in [0, 0.1) is 0 Å². The van der Waals surface area contributed by atoms with Crippen molar-refractivity contribution in [1.29, 1.82) is 0 Å². The normalized spacial score (nSPS) is 12.1. The van der Waals surface area contributed by atoms with Gasteiger partial charge in [-0.25, -0.2) is 0 Å². The Bertz CT molecular complexity index is 549. The molecule has 112 valence electrons. The highest BCUT2D eigenvalue weighted by Gasteiger charge is 2.09. The van der Waals surface area contributed by atoms with Gasteiger partial charge in [0.25, 0.3) is 0 Å². The van der Waals surface area contributed by atoms with E-state index >= 15 is 0 Å². The summed E-state index contributed by atoms with van der Waals surface area (Å²) in [5.41, 5.74) is 3.33. The Morgan fingerprint density at radius 1 is 1.24 bits per heavy atom. The monoisotopic (exact) mass is 303 g/mol. The van der Waals surface area contributed by atoms with Crippen LogP contribution < -0.4 is 5.32 Å². The average Bonchev–Trinajstić information content (AvgIpc) is 3.05. The maximum atomic E-state index is 11.8. The second kappa shape index (κ2) is 7.96. The highest BCUT2D eigenvalue weighted by Crippen LogP contribution is 2.15.